The van der Waals surface area contributed by atoms with Crippen molar-refractivity contribution in [2.45, 2.75) is 13.0 Å². The summed E-state index contributed by atoms with van der Waals surface area (Å²) in [6.45, 7) is 1.09. The first-order valence-corrected chi connectivity index (χ1v) is 8.33. The molecule has 0 saturated carbocycles. The Morgan fingerprint density at radius 1 is 1.19 bits per heavy atom. The zero-order valence-electron chi connectivity index (χ0n) is 11.4. The maximum Gasteiger partial charge on any atom is 0.140 e. The van der Waals surface area contributed by atoms with E-state index in [1.165, 1.54) is 4.70 Å². The standard InChI is InChI=1S/C16H15BrN2OS/c17-12-5-6-14(11(9-12)7-8-18)20-10-16-19-13-3-1-2-4-15(13)21-16/h1-6,9H,7-8,10,18H2. The van der Waals surface area contributed by atoms with Crippen LogP contribution in [-0.2, 0) is 13.0 Å². The molecule has 0 spiro atoms. The highest BCUT2D eigenvalue weighted by atomic mass is 79.9. The lowest BCUT2D eigenvalue weighted by Gasteiger charge is -2.10. The molecule has 0 amide bonds. The van der Waals surface area contributed by atoms with Crippen LogP contribution in [0.4, 0.5) is 0 Å². The fourth-order valence-corrected chi connectivity index (χ4v) is 3.45. The number of para-hydroxylation sites is 1. The molecule has 2 aromatic carbocycles. The van der Waals surface area contributed by atoms with Crippen molar-refractivity contribution >= 4 is 37.5 Å². The van der Waals surface area contributed by atoms with Gasteiger partial charge < -0.3 is 10.5 Å². The van der Waals surface area contributed by atoms with E-state index in [4.69, 9.17) is 10.5 Å². The maximum atomic E-state index is 5.93. The fraction of sp³-hybridized carbons (Fsp3) is 0.188. The van der Waals surface area contributed by atoms with Crippen molar-refractivity contribution in [1.82, 2.24) is 4.98 Å². The van der Waals surface area contributed by atoms with Gasteiger partial charge >= 0.3 is 0 Å². The number of hydrogen-bond acceptors (Lipinski definition) is 4. The minimum atomic E-state index is 0.485. The molecule has 5 heteroatoms. The van der Waals surface area contributed by atoms with Gasteiger partial charge in [0.15, 0.2) is 0 Å². The molecule has 0 saturated heterocycles. The van der Waals surface area contributed by atoms with Gasteiger partial charge in [0, 0.05) is 4.47 Å². The molecule has 1 heterocycles. The predicted molar refractivity (Wildman–Crippen MR) is 90.9 cm³/mol. The summed E-state index contributed by atoms with van der Waals surface area (Å²) < 4.78 is 8.16. The molecule has 3 aromatic rings. The maximum absolute atomic E-state index is 5.93. The van der Waals surface area contributed by atoms with Gasteiger partial charge in [-0.3, -0.25) is 0 Å². The van der Waals surface area contributed by atoms with E-state index in [0.717, 1.165) is 32.7 Å². The van der Waals surface area contributed by atoms with Crippen LogP contribution in [-0.4, -0.2) is 11.5 Å². The minimum Gasteiger partial charge on any atom is -0.486 e. The lowest BCUT2D eigenvalue weighted by Crippen LogP contribution is -2.05. The monoisotopic (exact) mass is 362 g/mol. The number of thiazole rings is 1. The Bertz CT molecular complexity index is 724. The van der Waals surface area contributed by atoms with Crippen LogP contribution in [0.2, 0.25) is 0 Å². The molecule has 0 atom stereocenters. The Kier molecular flexibility index (Phi) is 4.53. The zero-order valence-corrected chi connectivity index (χ0v) is 13.8. The molecule has 0 bridgehead atoms. The Balaban J connectivity index is 1.77. The predicted octanol–water partition coefficient (Wildman–Crippen LogP) is 4.14. The van der Waals surface area contributed by atoms with Crippen molar-refractivity contribution in [2.24, 2.45) is 5.73 Å². The molecule has 3 nitrogen and oxygen atoms in total. The summed E-state index contributed by atoms with van der Waals surface area (Å²) in [4.78, 5) is 4.58. The Morgan fingerprint density at radius 2 is 2.05 bits per heavy atom. The summed E-state index contributed by atoms with van der Waals surface area (Å²) >= 11 is 5.15. The SMILES string of the molecule is NCCc1cc(Br)ccc1OCc1nc2ccccc2s1. The van der Waals surface area contributed by atoms with Crippen LogP contribution < -0.4 is 10.5 Å². The molecular weight excluding hydrogens is 348 g/mol. The molecule has 108 valence electrons. The van der Waals surface area contributed by atoms with Crippen LogP contribution >= 0.6 is 27.3 Å². The molecule has 2 N–H and O–H groups in total. The first-order chi connectivity index (χ1) is 10.3. The van der Waals surface area contributed by atoms with Gasteiger partial charge in [-0.15, -0.1) is 11.3 Å². The summed E-state index contributed by atoms with van der Waals surface area (Å²) in [6, 6.07) is 14.1. The average Bonchev–Trinajstić information content (AvgIpc) is 2.89. The topological polar surface area (TPSA) is 48.1 Å². The van der Waals surface area contributed by atoms with Gasteiger partial charge in [-0.25, -0.2) is 4.98 Å². The molecule has 3 rings (SSSR count). The number of halogens is 1. The van der Waals surface area contributed by atoms with Gasteiger partial charge in [-0.1, -0.05) is 28.1 Å². The van der Waals surface area contributed by atoms with Crippen LogP contribution in [0.5, 0.6) is 5.75 Å². The van der Waals surface area contributed by atoms with E-state index < -0.39 is 0 Å². The number of nitrogens with two attached hydrogens (primary N) is 1. The normalized spacial score (nSPS) is 11.0. The van der Waals surface area contributed by atoms with Gasteiger partial charge in [-0.2, -0.15) is 0 Å². The number of benzene rings is 2. The number of fused-ring (bicyclic) bond motifs is 1. The third-order valence-corrected chi connectivity index (χ3v) is 4.63. The number of rotatable bonds is 5. The number of hydrogen-bond donors (Lipinski definition) is 1. The summed E-state index contributed by atoms with van der Waals surface area (Å²) in [5.41, 5.74) is 7.80. The Morgan fingerprint density at radius 3 is 2.86 bits per heavy atom. The molecular formula is C16H15BrN2OS. The van der Waals surface area contributed by atoms with E-state index in [2.05, 4.69) is 33.0 Å². The van der Waals surface area contributed by atoms with Crippen LogP contribution in [0.1, 0.15) is 10.6 Å². The first kappa shape index (κ1) is 14.5. The van der Waals surface area contributed by atoms with Crippen molar-refractivity contribution in [3.8, 4) is 5.75 Å². The second kappa shape index (κ2) is 6.56. The highest BCUT2D eigenvalue weighted by Gasteiger charge is 2.07. The molecule has 0 aliphatic carbocycles. The molecule has 0 unspecified atom stereocenters. The van der Waals surface area contributed by atoms with Gasteiger partial charge in [0.2, 0.25) is 0 Å². The molecule has 0 aliphatic heterocycles. The van der Waals surface area contributed by atoms with Gasteiger partial charge in [0.05, 0.1) is 10.2 Å². The van der Waals surface area contributed by atoms with E-state index in [9.17, 15) is 0 Å². The smallest absolute Gasteiger partial charge is 0.140 e. The van der Waals surface area contributed by atoms with Crippen LogP contribution in [0.15, 0.2) is 46.9 Å². The quantitative estimate of drug-likeness (QED) is 0.741. The van der Waals surface area contributed by atoms with Crippen molar-refractivity contribution in [2.75, 3.05) is 6.54 Å². The number of ether oxygens (including phenoxy) is 1. The van der Waals surface area contributed by atoms with E-state index in [1.54, 1.807) is 11.3 Å². The van der Waals surface area contributed by atoms with Crippen molar-refractivity contribution in [3.05, 3.63) is 57.5 Å². The summed E-state index contributed by atoms with van der Waals surface area (Å²) in [5.74, 6) is 0.878. The number of aromatic nitrogens is 1. The lowest BCUT2D eigenvalue weighted by atomic mass is 10.1. The molecule has 0 aliphatic rings. The highest BCUT2D eigenvalue weighted by molar-refractivity contribution is 9.10. The van der Waals surface area contributed by atoms with Gasteiger partial charge in [-0.05, 0) is 48.9 Å². The third-order valence-electron chi connectivity index (χ3n) is 3.13. The highest BCUT2D eigenvalue weighted by Crippen LogP contribution is 2.26. The van der Waals surface area contributed by atoms with Crippen molar-refractivity contribution in [3.63, 3.8) is 0 Å². The van der Waals surface area contributed by atoms with Crippen molar-refractivity contribution < 1.29 is 4.74 Å². The Labute approximate surface area is 135 Å². The lowest BCUT2D eigenvalue weighted by molar-refractivity contribution is 0.302. The van der Waals surface area contributed by atoms with Crippen molar-refractivity contribution in [1.29, 1.82) is 0 Å². The average molecular weight is 363 g/mol. The van der Waals surface area contributed by atoms with Crippen LogP contribution in [0, 0.1) is 0 Å². The summed E-state index contributed by atoms with van der Waals surface area (Å²) in [7, 11) is 0. The van der Waals surface area contributed by atoms with Crippen LogP contribution in [0.3, 0.4) is 0 Å². The first-order valence-electron chi connectivity index (χ1n) is 6.72. The van der Waals surface area contributed by atoms with Gasteiger partial charge in [0.25, 0.3) is 0 Å². The van der Waals surface area contributed by atoms with E-state index in [0.29, 0.717) is 13.2 Å². The second-order valence-corrected chi connectivity index (χ2v) is 6.69. The fourth-order valence-electron chi connectivity index (χ4n) is 2.16. The van der Waals surface area contributed by atoms with Gasteiger partial charge in [0.1, 0.15) is 17.4 Å². The summed E-state index contributed by atoms with van der Waals surface area (Å²) in [6.07, 6.45) is 0.800. The summed E-state index contributed by atoms with van der Waals surface area (Å²) in [5, 5.41) is 0.984. The largest absolute Gasteiger partial charge is 0.486 e. The van der Waals surface area contributed by atoms with E-state index in [-0.39, 0.29) is 0 Å². The second-order valence-electron chi connectivity index (χ2n) is 4.65. The zero-order chi connectivity index (χ0) is 14.7. The molecule has 21 heavy (non-hydrogen) atoms. The minimum absolute atomic E-state index is 0.485. The molecule has 0 fully saturated rings. The van der Waals surface area contributed by atoms with E-state index in [1.807, 2.05) is 30.3 Å². The molecule has 1 aromatic heterocycles. The third kappa shape index (κ3) is 3.43. The van der Waals surface area contributed by atoms with E-state index >= 15 is 0 Å². The van der Waals surface area contributed by atoms with Crippen LogP contribution in [0.25, 0.3) is 10.2 Å². The molecule has 0 radical (unpaired) electrons. The Hall–Kier alpha value is -1.43. The number of nitrogens with zero attached hydrogens (tertiary/aromatic N) is 1.